The number of anilines is 1. The van der Waals surface area contributed by atoms with Crippen molar-refractivity contribution in [3.8, 4) is 0 Å². The normalized spacial score (nSPS) is 12.0. The largest absolute Gasteiger partial charge is 0.462 e. The van der Waals surface area contributed by atoms with Crippen molar-refractivity contribution in [3.05, 3.63) is 64.4 Å². The molecule has 1 amide bonds. The Kier molecular flexibility index (Phi) is 5.88. The SMILES string of the molecule is CCOC(=O)c1cnn2ccc(NC(=O)C(OC)c3ccccc3Br)cc12. The first-order valence-electron chi connectivity index (χ1n) is 8.27. The summed E-state index contributed by atoms with van der Waals surface area (Å²) in [5.41, 5.74) is 2.12. The van der Waals surface area contributed by atoms with Crippen LogP contribution in [0.3, 0.4) is 0 Å². The van der Waals surface area contributed by atoms with Gasteiger partial charge in [-0.15, -0.1) is 0 Å². The molecule has 1 unspecified atom stereocenters. The van der Waals surface area contributed by atoms with Gasteiger partial charge in [0.25, 0.3) is 5.91 Å². The zero-order valence-electron chi connectivity index (χ0n) is 14.8. The Morgan fingerprint density at radius 1 is 1.30 bits per heavy atom. The van der Waals surface area contributed by atoms with Crippen LogP contribution in [0.4, 0.5) is 5.69 Å². The zero-order valence-corrected chi connectivity index (χ0v) is 16.4. The highest BCUT2D eigenvalue weighted by atomic mass is 79.9. The van der Waals surface area contributed by atoms with E-state index in [-0.39, 0.29) is 12.5 Å². The Morgan fingerprint density at radius 3 is 2.78 bits per heavy atom. The number of nitrogens with one attached hydrogen (secondary N) is 1. The van der Waals surface area contributed by atoms with E-state index in [0.29, 0.717) is 16.8 Å². The molecule has 0 bridgehead atoms. The molecular weight excluding hydrogens is 414 g/mol. The van der Waals surface area contributed by atoms with Gasteiger partial charge < -0.3 is 14.8 Å². The number of methoxy groups -OCH3 is 1. The van der Waals surface area contributed by atoms with Crippen molar-refractivity contribution >= 4 is 39.0 Å². The summed E-state index contributed by atoms with van der Waals surface area (Å²) >= 11 is 3.44. The summed E-state index contributed by atoms with van der Waals surface area (Å²) in [5.74, 6) is -0.787. The van der Waals surface area contributed by atoms with Gasteiger partial charge in [0.1, 0.15) is 5.56 Å². The number of hydrogen-bond donors (Lipinski definition) is 1. The van der Waals surface area contributed by atoms with E-state index in [2.05, 4.69) is 26.3 Å². The second-order valence-electron chi connectivity index (χ2n) is 5.65. The first-order chi connectivity index (χ1) is 13.0. The molecule has 8 heteroatoms. The molecule has 0 radical (unpaired) electrons. The number of pyridine rings is 1. The lowest BCUT2D eigenvalue weighted by Gasteiger charge is -2.17. The van der Waals surface area contributed by atoms with Crippen molar-refractivity contribution in [3.63, 3.8) is 0 Å². The smallest absolute Gasteiger partial charge is 0.341 e. The van der Waals surface area contributed by atoms with E-state index >= 15 is 0 Å². The molecule has 2 heterocycles. The fourth-order valence-electron chi connectivity index (χ4n) is 2.70. The highest BCUT2D eigenvalue weighted by molar-refractivity contribution is 9.10. The first kappa shape index (κ1) is 19.1. The maximum atomic E-state index is 12.7. The van der Waals surface area contributed by atoms with Crippen LogP contribution in [-0.4, -0.2) is 35.2 Å². The fourth-order valence-corrected chi connectivity index (χ4v) is 3.19. The van der Waals surface area contributed by atoms with Crippen molar-refractivity contribution in [2.45, 2.75) is 13.0 Å². The van der Waals surface area contributed by atoms with E-state index in [1.54, 1.807) is 29.8 Å². The molecule has 1 aromatic carbocycles. The van der Waals surface area contributed by atoms with Crippen LogP contribution < -0.4 is 5.32 Å². The van der Waals surface area contributed by atoms with Gasteiger partial charge in [-0.05, 0) is 25.1 Å². The number of benzene rings is 1. The maximum absolute atomic E-state index is 12.7. The molecule has 3 rings (SSSR count). The average Bonchev–Trinajstić information content (AvgIpc) is 3.07. The van der Waals surface area contributed by atoms with Crippen LogP contribution in [0.1, 0.15) is 28.9 Å². The topological polar surface area (TPSA) is 81.9 Å². The number of esters is 1. The molecule has 3 aromatic rings. The first-order valence-corrected chi connectivity index (χ1v) is 9.07. The van der Waals surface area contributed by atoms with Crippen LogP contribution >= 0.6 is 15.9 Å². The Morgan fingerprint density at radius 2 is 2.07 bits per heavy atom. The molecule has 140 valence electrons. The molecule has 1 N–H and O–H groups in total. The number of hydrogen-bond acceptors (Lipinski definition) is 5. The van der Waals surface area contributed by atoms with Gasteiger partial charge in [-0.25, -0.2) is 9.31 Å². The van der Waals surface area contributed by atoms with Gasteiger partial charge in [0.05, 0.1) is 18.3 Å². The van der Waals surface area contributed by atoms with E-state index in [1.807, 2.05) is 24.3 Å². The number of fused-ring (bicyclic) bond motifs is 1. The summed E-state index contributed by atoms with van der Waals surface area (Å²) in [6, 6.07) is 10.7. The van der Waals surface area contributed by atoms with E-state index in [0.717, 1.165) is 10.0 Å². The van der Waals surface area contributed by atoms with Gasteiger partial charge in [0, 0.05) is 29.0 Å². The van der Waals surface area contributed by atoms with Crippen LogP contribution in [0.2, 0.25) is 0 Å². The molecule has 0 aliphatic carbocycles. The summed E-state index contributed by atoms with van der Waals surface area (Å²) in [6.07, 6.45) is 2.32. The summed E-state index contributed by atoms with van der Waals surface area (Å²) < 4.78 is 12.7. The Balaban J connectivity index is 1.87. The van der Waals surface area contributed by atoms with Crippen molar-refractivity contribution < 1.29 is 19.1 Å². The number of aromatic nitrogens is 2. The number of halogens is 1. The second kappa shape index (κ2) is 8.32. The summed E-state index contributed by atoms with van der Waals surface area (Å²) in [7, 11) is 1.47. The minimum absolute atomic E-state index is 0.272. The molecule has 1 atom stereocenters. The predicted molar refractivity (Wildman–Crippen MR) is 104 cm³/mol. The number of carbonyl (C=O) groups is 2. The number of nitrogens with zero attached hydrogens (tertiary/aromatic N) is 2. The predicted octanol–water partition coefficient (Wildman–Crippen LogP) is 3.60. The molecule has 27 heavy (non-hydrogen) atoms. The summed E-state index contributed by atoms with van der Waals surface area (Å²) in [4.78, 5) is 24.8. The van der Waals surface area contributed by atoms with Gasteiger partial charge in [-0.1, -0.05) is 34.1 Å². The third-order valence-electron chi connectivity index (χ3n) is 3.95. The minimum Gasteiger partial charge on any atom is -0.462 e. The second-order valence-corrected chi connectivity index (χ2v) is 6.50. The van der Waals surface area contributed by atoms with Gasteiger partial charge >= 0.3 is 5.97 Å². The quantitative estimate of drug-likeness (QED) is 0.602. The van der Waals surface area contributed by atoms with Crippen LogP contribution in [-0.2, 0) is 14.3 Å². The van der Waals surface area contributed by atoms with E-state index < -0.39 is 12.1 Å². The van der Waals surface area contributed by atoms with Crippen LogP contribution in [0.5, 0.6) is 0 Å². The van der Waals surface area contributed by atoms with Crippen molar-refractivity contribution in [2.75, 3.05) is 19.0 Å². The number of ether oxygens (including phenoxy) is 2. The standard InChI is InChI=1S/C19H18BrN3O4/c1-3-27-19(25)14-11-21-23-9-8-12(10-16(14)23)22-18(24)17(26-2)13-6-4-5-7-15(13)20/h4-11,17H,3H2,1-2H3,(H,22,24). The van der Waals surface area contributed by atoms with Gasteiger partial charge in [0.15, 0.2) is 6.10 Å². The molecule has 7 nitrogen and oxygen atoms in total. The highest BCUT2D eigenvalue weighted by Crippen LogP contribution is 2.27. The molecule has 0 aliphatic heterocycles. The monoisotopic (exact) mass is 431 g/mol. The van der Waals surface area contributed by atoms with Gasteiger partial charge in [-0.2, -0.15) is 5.10 Å². The van der Waals surface area contributed by atoms with Crippen molar-refractivity contribution in [2.24, 2.45) is 0 Å². The lowest BCUT2D eigenvalue weighted by atomic mass is 10.1. The van der Waals surface area contributed by atoms with Crippen LogP contribution in [0, 0.1) is 0 Å². The lowest BCUT2D eigenvalue weighted by molar-refractivity contribution is -0.126. The molecule has 0 aliphatic rings. The highest BCUT2D eigenvalue weighted by Gasteiger charge is 2.23. The molecule has 0 spiro atoms. The zero-order chi connectivity index (χ0) is 19.4. The van der Waals surface area contributed by atoms with Crippen molar-refractivity contribution in [1.82, 2.24) is 9.61 Å². The third kappa shape index (κ3) is 4.01. The average molecular weight is 432 g/mol. The lowest BCUT2D eigenvalue weighted by Crippen LogP contribution is -2.23. The molecule has 0 saturated carbocycles. The Hall–Kier alpha value is -2.71. The molecular formula is C19H18BrN3O4. The van der Waals surface area contributed by atoms with E-state index in [9.17, 15) is 9.59 Å². The number of carbonyl (C=O) groups excluding carboxylic acids is 2. The minimum atomic E-state index is -0.786. The number of rotatable bonds is 6. The van der Waals surface area contributed by atoms with Gasteiger partial charge in [0.2, 0.25) is 0 Å². The third-order valence-corrected chi connectivity index (χ3v) is 4.67. The molecule has 2 aromatic heterocycles. The summed E-state index contributed by atoms with van der Waals surface area (Å²) in [6.45, 7) is 2.01. The molecule has 0 fully saturated rings. The van der Waals surface area contributed by atoms with E-state index in [4.69, 9.17) is 9.47 Å². The molecule has 0 saturated heterocycles. The van der Waals surface area contributed by atoms with Crippen molar-refractivity contribution in [1.29, 1.82) is 0 Å². The maximum Gasteiger partial charge on any atom is 0.341 e. The van der Waals surface area contributed by atoms with Crippen LogP contribution in [0.25, 0.3) is 5.52 Å². The fraction of sp³-hybridized carbons (Fsp3) is 0.211. The Bertz CT molecular complexity index is 986. The summed E-state index contributed by atoms with van der Waals surface area (Å²) in [5, 5.41) is 6.95. The van der Waals surface area contributed by atoms with E-state index in [1.165, 1.54) is 13.3 Å². The van der Waals surface area contributed by atoms with Gasteiger partial charge in [-0.3, -0.25) is 4.79 Å². The Labute approximate surface area is 164 Å². The number of amides is 1. The van der Waals surface area contributed by atoms with Crippen LogP contribution in [0.15, 0.2) is 53.3 Å².